The van der Waals surface area contributed by atoms with Crippen molar-refractivity contribution in [2.24, 2.45) is 0 Å². The van der Waals surface area contributed by atoms with Crippen LogP contribution in [0.15, 0.2) is 64.3 Å². The molecule has 0 radical (unpaired) electrons. The number of benzene rings is 2. The zero-order chi connectivity index (χ0) is 13.7. The van der Waals surface area contributed by atoms with Crippen LogP contribution in [0.5, 0.6) is 5.95 Å². The second-order valence-electron chi connectivity index (χ2n) is 4.66. The van der Waals surface area contributed by atoms with Gasteiger partial charge in [-0.1, -0.05) is 43.0 Å². The Balaban J connectivity index is 2.18. The molecule has 3 heteroatoms. The SMILES string of the molecule is C=C1Oc2oc3ccccc3c(=O)c2-c2ccccc21. The highest BCUT2D eigenvalue weighted by atomic mass is 16.6. The van der Waals surface area contributed by atoms with Gasteiger partial charge in [0.25, 0.3) is 0 Å². The highest BCUT2D eigenvalue weighted by Gasteiger charge is 2.26. The quantitative estimate of drug-likeness (QED) is 0.618. The molecule has 0 fully saturated rings. The number of hydrogen-bond acceptors (Lipinski definition) is 3. The predicted molar refractivity (Wildman–Crippen MR) is 77.6 cm³/mol. The molecule has 0 unspecified atom stereocenters. The maximum atomic E-state index is 12.7. The van der Waals surface area contributed by atoms with E-state index in [1.54, 1.807) is 12.1 Å². The van der Waals surface area contributed by atoms with E-state index >= 15 is 0 Å². The van der Waals surface area contributed by atoms with Gasteiger partial charge in [-0.05, 0) is 12.1 Å². The van der Waals surface area contributed by atoms with Gasteiger partial charge in [0.2, 0.25) is 5.43 Å². The number of fused-ring (bicyclic) bond motifs is 4. The Morgan fingerprint density at radius 1 is 0.900 bits per heavy atom. The monoisotopic (exact) mass is 262 g/mol. The third kappa shape index (κ3) is 1.37. The van der Waals surface area contributed by atoms with Gasteiger partial charge in [0, 0.05) is 11.1 Å². The van der Waals surface area contributed by atoms with Crippen LogP contribution in [0.3, 0.4) is 0 Å². The maximum Gasteiger partial charge on any atom is 0.302 e. The fraction of sp³-hybridized carbons (Fsp3) is 0. The van der Waals surface area contributed by atoms with Gasteiger partial charge in [0.1, 0.15) is 16.9 Å². The second-order valence-corrected chi connectivity index (χ2v) is 4.66. The molecule has 20 heavy (non-hydrogen) atoms. The highest BCUT2D eigenvalue weighted by Crippen LogP contribution is 2.40. The molecular weight excluding hydrogens is 252 g/mol. The van der Waals surface area contributed by atoms with Crippen molar-refractivity contribution in [1.82, 2.24) is 0 Å². The molecule has 1 aromatic heterocycles. The molecule has 2 heterocycles. The van der Waals surface area contributed by atoms with E-state index in [9.17, 15) is 4.79 Å². The van der Waals surface area contributed by atoms with Crippen LogP contribution >= 0.6 is 0 Å². The predicted octanol–water partition coefficient (Wildman–Crippen LogP) is 3.82. The zero-order valence-corrected chi connectivity index (χ0v) is 10.6. The van der Waals surface area contributed by atoms with E-state index in [1.807, 2.05) is 36.4 Å². The minimum absolute atomic E-state index is 0.0817. The Hall–Kier alpha value is -2.81. The average molecular weight is 262 g/mol. The minimum Gasteiger partial charge on any atom is -0.425 e. The summed E-state index contributed by atoms with van der Waals surface area (Å²) in [6.45, 7) is 3.88. The number of hydrogen-bond donors (Lipinski definition) is 0. The summed E-state index contributed by atoms with van der Waals surface area (Å²) in [5.41, 5.74) is 2.53. The lowest BCUT2D eigenvalue weighted by molar-refractivity contribution is 0.372. The van der Waals surface area contributed by atoms with Crippen molar-refractivity contribution in [1.29, 1.82) is 0 Å². The molecular formula is C17H10O3. The third-order valence-corrected chi connectivity index (χ3v) is 3.48. The van der Waals surface area contributed by atoms with Crippen LogP contribution in [-0.4, -0.2) is 0 Å². The van der Waals surface area contributed by atoms with Crippen LogP contribution < -0.4 is 10.2 Å². The van der Waals surface area contributed by atoms with Gasteiger partial charge in [0.05, 0.1) is 5.39 Å². The molecule has 0 aliphatic carbocycles. The number of ether oxygens (including phenoxy) is 1. The Bertz CT molecular complexity index is 919. The molecule has 1 aliphatic rings. The standard InChI is InChI=1S/C17H10O3/c1-10-11-6-2-3-7-12(11)15-16(18)13-8-4-5-9-14(13)20-17(15)19-10/h2-9H,1H2. The Kier molecular flexibility index (Phi) is 2.12. The molecule has 4 rings (SSSR count). The van der Waals surface area contributed by atoms with Crippen molar-refractivity contribution < 1.29 is 9.15 Å². The van der Waals surface area contributed by atoms with Crippen LogP contribution in [0.25, 0.3) is 27.9 Å². The first-order valence-electron chi connectivity index (χ1n) is 6.28. The minimum atomic E-state index is -0.0817. The van der Waals surface area contributed by atoms with E-state index in [-0.39, 0.29) is 11.4 Å². The summed E-state index contributed by atoms with van der Waals surface area (Å²) in [6, 6.07) is 14.7. The first-order valence-corrected chi connectivity index (χ1v) is 6.28. The Labute approximate surface area is 114 Å². The van der Waals surface area contributed by atoms with Gasteiger partial charge in [-0.2, -0.15) is 0 Å². The largest absolute Gasteiger partial charge is 0.425 e. The smallest absolute Gasteiger partial charge is 0.302 e. The van der Waals surface area contributed by atoms with Crippen molar-refractivity contribution in [2.45, 2.75) is 0 Å². The van der Waals surface area contributed by atoms with E-state index < -0.39 is 0 Å². The van der Waals surface area contributed by atoms with Gasteiger partial charge in [0.15, 0.2) is 0 Å². The van der Waals surface area contributed by atoms with E-state index in [1.165, 1.54) is 0 Å². The molecule has 0 saturated carbocycles. The van der Waals surface area contributed by atoms with Crippen molar-refractivity contribution in [3.8, 4) is 17.1 Å². The third-order valence-electron chi connectivity index (χ3n) is 3.48. The zero-order valence-electron chi connectivity index (χ0n) is 10.6. The summed E-state index contributed by atoms with van der Waals surface area (Å²) in [5.74, 6) is 0.712. The van der Waals surface area contributed by atoms with Crippen LogP contribution in [0.4, 0.5) is 0 Å². The first kappa shape index (κ1) is 11.1. The molecule has 0 saturated heterocycles. The fourth-order valence-electron chi connectivity index (χ4n) is 2.54. The second kappa shape index (κ2) is 3.84. The summed E-state index contributed by atoms with van der Waals surface area (Å²) in [5, 5.41) is 0.553. The summed E-state index contributed by atoms with van der Waals surface area (Å²) in [6.07, 6.45) is 0. The molecule has 0 atom stereocenters. The first-order chi connectivity index (χ1) is 9.75. The number of rotatable bonds is 0. The normalized spacial score (nSPS) is 12.7. The average Bonchev–Trinajstić information content (AvgIpc) is 2.47. The van der Waals surface area contributed by atoms with E-state index in [2.05, 4.69) is 6.58 Å². The van der Waals surface area contributed by atoms with Crippen LogP contribution in [0.1, 0.15) is 5.56 Å². The molecule has 0 N–H and O–H groups in total. The van der Waals surface area contributed by atoms with Gasteiger partial charge in [-0.25, -0.2) is 0 Å². The van der Waals surface area contributed by atoms with Crippen molar-refractivity contribution in [3.63, 3.8) is 0 Å². The van der Waals surface area contributed by atoms with Crippen LogP contribution in [-0.2, 0) is 0 Å². The van der Waals surface area contributed by atoms with Crippen molar-refractivity contribution in [3.05, 3.63) is 70.9 Å². The summed E-state index contributed by atoms with van der Waals surface area (Å²) in [7, 11) is 0. The number of para-hydroxylation sites is 1. The van der Waals surface area contributed by atoms with E-state index in [0.29, 0.717) is 22.3 Å². The summed E-state index contributed by atoms with van der Waals surface area (Å²) >= 11 is 0. The fourth-order valence-corrected chi connectivity index (χ4v) is 2.54. The van der Waals surface area contributed by atoms with Gasteiger partial charge in [-0.15, -0.1) is 0 Å². The van der Waals surface area contributed by atoms with Gasteiger partial charge in [-0.3, -0.25) is 4.79 Å². The lowest BCUT2D eigenvalue weighted by Gasteiger charge is -2.20. The summed E-state index contributed by atoms with van der Waals surface area (Å²) < 4.78 is 11.3. The highest BCUT2D eigenvalue weighted by molar-refractivity contribution is 5.90. The van der Waals surface area contributed by atoms with Crippen LogP contribution in [0.2, 0.25) is 0 Å². The summed E-state index contributed by atoms with van der Waals surface area (Å²) in [4.78, 5) is 12.7. The molecule has 96 valence electrons. The van der Waals surface area contributed by atoms with E-state index in [0.717, 1.165) is 11.1 Å². The van der Waals surface area contributed by atoms with Gasteiger partial charge < -0.3 is 9.15 Å². The molecule has 0 spiro atoms. The molecule has 0 bridgehead atoms. The lowest BCUT2D eigenvalue weighted by Crippen LogP contribution is -2.13. The Morgan fingerprint density at radius 2 is 1.60 bits per heavy atom. The molecule has 3 aromatic rings. The molecule has 2 aromatic carbocycles. The van der Waals surface area contributed by atoms with Crippen LogP contribution in [0, 0.1) is 0 Å². The topological polar surface area (TPSA) is 39.4 Å². The molecule has 1 aliphatic heterocycles. The maximum absolute atomic E-state index is 12.7. The molecule has 0 amide bonds. The lowest BCUT2D eigenvalue weighted by atomic mass is 9.96. The van der Waals surface area contributed by atoms with Crippen molar-refractivity contribution >= 4 is 16.7 Å². The Morgan fingerprint density at radius 3 is 2.45 bits per heavy atom. The van der Waals surface area contributed by atoms with E-state index in [4.69, 9.17) is 9.15 Å². The van der Waals surface area contributed by atoms with Crippen molar-refractivity contribution in [2.75, 3.05) is 0 Å². The molecule has 3 nitrogen and oxygen atoms in total. The van der Waals surface area contributed by atoms with Gasteiger partial charge >= 0.3 is 5.95 Å².